The van der Waals surface area contributed by atoms with Crippen LogP contribution >= 0.6 is 23.2 Å². The Morgan fingerprint density at radius 2 is 1.88 bits per heavy atom. The SMILES string of the molecule is Cc1nc2c(Cl)cc(C(F)(F)F)cn2c1C(=O)Nc1ccccc1Cl. The average Bonchev–Trinajstić information content (AvgIpc) is 2.85. The summed E-state index contributed by atoms with van der Waals surface area (Å²) in [5, 5.41) is 2.67. The van der Waals surface area contributed by atoms with E-state index in [4.69, 9.17) is 23.2 Å². The van der Waals surface area contributed by atoms with Crippen molar-refractivity contribution in [3.8, 4) is 0 Å². The van der Waals surface area contributed by atoms with Crippen molar-refractivity contribution in [2.75, 3.05) is 5.32 Å². The first-order valence-corrected chi connectivity index (χ1v) is 7.75. The van der Waals surface area contributed by atoms with Crippen molar-refractivity contribution < 1.29 is 18.0 Å². The number of hydrogen-bond acceptors (Lipinski definition) is 2. The van der Waals surface area contributed by atoms with Crippen LogP contribution in [0.2, 0.25) is 10.0 Å². The number of hydrogen-bond donors (Lipinski definition) is 1. The second-order valence-corrected chi connectivity index (χ2v) is 6.06. The minimum atomic E-state index is -4.60. The molecule has 9 heteroatoms. The molecule has 0 fully saturated rings. The molecule has 0 spiro atoms. The highest BCUT2D eigenvalue weighted by atomic mass is 35.5. The van der Waals surface area contributed by atoms with Gasteiger partial charge in [0.1, 0.15) is 5.69 Å². The molecule has 3 aromatic rings. The number of carbonyl (C=O) groups excluding carboxylic acids is 1. The maximum atomic E-state index is 13.0. The molecule has 2 aromatic heterocycles. The summed E-state index contributed by atoms with van der Waals surface area (Å²) >= 11 is 11.9. The first-order chi connectivity index (χ1) is 11.7. The van der Waals surface area contributed by atoms with Gasteiger partial charge in [-0.1, -0.05) is 35.3 Å². The molecule has 0 radical (unpaired) electrons. The van der Waals surface area contributed by atoms with Gasteiger partial charge in [0, 0.05) is 6.20 Å². The lowest BCUT2D eigenvalue weighted by atomic mass is 10.2. The standard InChI is InChI=1S/C16H10Cl2F3N3O/c1-8-13(15(25)23-12-5-3-2-4-10(12)17)24-7-9(16(19,20)21)6-11(18)14(24)22-8/h2-7H,1H3,(H,23,25). The van der Waals surface area contributed by atoms with Crippen molar-refractivity contribution in [1.82, 2.24) is 9.38 Å². The van der Waals surface area contributed by atoms with Crippen LogP contribution in [0.15, 0.2) is 36.5 Å². The molecule has 1 N–H and O–H groups in total. The van der Waals surface area contributed by atoms with Gasteiger partial charge in [0.05, 0.1) is 27.0 Å². The molecular formula is C16H10Cl2F3N3O. The summed E-state index contributed by atoms with van der Waals surface area (Å²) in [5.74, 6) is -0.645. The summed E-state index contributed by atoms with van der Waals surface area (Å²) in [5.41, 5.74) is -0.388. The summed E-state index contributed by atoms with van der Waals surface area (Å²) in [6.45, 7) is 1.51. The second kappa shape index (κ2) is 6.24. The van der Waals surface area contributed by atoms with Crippen LogP contribution in [0.1, 0.15) is 21.7 Å². The van der Waals surface area contributed by atoms with Crippen LogP contribution < -0.4 is 5.32 Å². The Balaban J connectivity index is 2.12. The molecule has 0 saturated carbocycles. The van der Waals surface area contributed by atoms with E-state index in [0.29, 0.717) is 10.7 Å². The number of halogens is 5. The predicted molar refractivity (Wildman–Crippen MR) is 89.3 cm³/mol. The topological polar surface area (TPSA) is 46.4 Å². The van der Waals surface area contributed by atoms with Gasteiger partial charge in [-0.25, -0.2) is 4.98 Å². The molecule has 0 bridgehead atoms. The highest BCUT2D eigenvalue weighted by Crippen LogP contribution is 2.33. The van der Waals surface area contributed by atoms with Gasteiger partial charge >= 0.3 is 6.18 Å². The average molecular weight is 388 g/mol. The predicted octanol–water partition coefficient (Wildman–Crippen LogP) is 5.22. The van der Waals surface area contributed by atoms with Crippen LogP contribution in [0.3, 0.4) is 0 Å². The lowest BCUT2D eigenvalue weighted by Gasteiger charge is -2.10. The fraction of sp³-hybridized carbons (Fsp3) is 0.125. The fourth-order valence-electron chi connectivity index (χ4n) is 2.39. The van der Waals surface area contributed by atoms with E-state index in [1.54, 1.807) is 24.3 Å². The van der Waals surface area contributed by atoms with Crippen molar-refractivity contribution in [2.45, 2.75) is 13.1 Å². The molecule has 25 heavy (non-hydrogen) atoms. The first kappa shape index (κ1) is 17.6. The Labute approximate surface area is 150 Å². The van der Waals surface area contributed by atoms with Crippen LogP contribution in [0.5, 0.6) is 0 Å². The van der Waals surface area contributed by atoms with E-state index < -0.39 is 17.6 Å². The zero-order valence-corrected chi connectivity index (χ0v) is 14.2. The van der Waals surface area contributed by atoms with E-state index in [2.05, 4.69) is 10.3 Å². The molecule has 4 nitrogen and oxygen atoms in total. The van der Waals surface area contributed by atoms with Crippen LogP contribution in [0, 0.1) is 6.92 Å². The van der Waals surface area contributed by atoms with Crippen molar-refractivity contribution in [1.29, 1.82) is 0 Å². The number of imidazole rings is 1. The number of para-hydroxylation sites is 1. The van der Waals surface area contributed by atoms with E-state index in [9.17, 15) is 18.0 Å². The van der Waals surface area contributed by atoms with Crippen molar-refractivity contribution >= 4 is 40.4 Å². The Bertz CT molecular complexity index is 983. The maximum Gasteiger partial charge on any atom is 0.417 e. The number of nitrogens with one attached hydrogen (secondary N) is 1. The monoisotopic (exact) mass is 387 g/mol. The van der Waals surface area contributed by atoms with Crippen LogP contribution in [-0.2, 0) is 6.18 Å². The largest absolute Gasteiger partial charge is 0.417 e. The number of anilines is 1. The number of benzene rings is 1. The molecule has 0 aliphatic rings. The summed E-state index contributed by atoms with van der Waals surface area (Å²) in [4.78, 5) is 16.7. The van der Waals surface area contributed by atoms with E-state index >= 15 is 0 Å². The molecular weight excluding hydrogens is 378 g/mol. The second-order valence-electron chi connectivity index (χ2n) is 5.25. The summed E-state index contributed by atoms with van der Waals surface area (Å²) in [6, 6.07) is 7.29. The van der Waals surface area contributed by atoms with Gasteiger partial charge in [0.2, 0.25) is 0 Å². The van der Waals surface area contributed by atoms with E-state index in [0.717, 1.165) is 16.7 Å². The third-order valence-corrected chi connectivity index (χ3v) is 4.12. The van der Waals surface area contributed by atoms with Crippen molar-refractivity contribution in [2.24, 2.45) is 0 Å². The third kappa shape index (κ3) is 3.29. The Morgan fingerprint density at radius 3 is 2.52 bits per heavy atom. The summed E-state index contributed by atoms with van der Waals surface area (Å²) < 4.78 is 40.1. The lowest BCUT2D eigenvalue weighted by Crippen LogP contribution is -2.16. The summed E-state index contributed by atoms with van der Waals surface area (Å²) in [7, 11) is 0. The van der Waals surface area contributed by atoms with Crippen LogP contribution in [-0.4, -0.2) is 15.3 Å². The van der Waals surface area contributed by atoms with Crippen molar-refractivity contribution in [3.63, 3.8) is 0 Å². The Morgan fingerprint density at radius 1 is 1.20 bits per heavy atom. The third-order valence-electron chi connectivity index (χ3n) is 3.51. The molecule has 0 saturated heterocycles. The van der Waals surface area contributed by atoms with Gasteiger partial charge in [0.25, 0.3) is 5.91 Å². The van der Waals surface area contributed by atoms with Gasteiger partial charge in [-0.3, -0.25) is 9.20 Å². The van der Waals surface area contributed by atoms with Gasteiger partial charge in [-0.2, -0.15) is 13.2 Å². The molecule has 2 heterocycles. The molecule has 0 atom stereocenters. The first-order valence-electron chi connectivity index (χ1n) is 7.00. The molecule has 0 aliphatic carbocycles. The fourth-order valence-corrected chi connectivity index (χ4v) is 2.82. The normalized spacial score (nSPS) is 11.8. The molecule has 3 rings (SSSR count). The number of carbonyl (C=O) groups is 1. The smallest absolute Gasteiger partial charge is 0.319 e. The molecule has 1 amide bonds. The number of aromatic nitrogens is 2. The zero-order chi connectivity index (χ0) is 18.4. The van der Waals surface area contributed by atoms with Crippen LogP contribution in [0.4, 0.5) is 18.9 Å². The van der Waals surface area contributed by atoms with Gasteiger partial charge in [0.15, 0.2) is 5.65 Å². The molecule has 0 unspecified atom stereocenters. The minimum absolute atomic E-state index is 0.0529. The number of aryl methyl sites for hydroxylation is 1. The number of alkyl halides is 3. The quantitative estimate of drug-likeness (QED) is 0.654. The Hall–Kier alpha value is -2.25. The summed E-state index contributed by atoms with van der Waals surface area (Å²) in [6.07, 6.45) is -3.81. The highest BCUT2D eigenvalue weighted by molar-refractivity contribution is 6.34. The lowest BCUT2D eigenvalue weighted by molar-refractivity contribution is -0.137. The highest BCUT2D eigenvalue weighted by Gasteiger charge is 2.33. The van der Waals surface area contributed by atoms with Crippen molar-refractivity contribution in [3.05, 3.63) is 63.5 Å². The van der Waals surface area contributed by atoms with E-state index in [-0.39, 0.29) is 22.1 Å². The van der Waals surface area contributed by atoms with E-state index in [1.807, 2.05) is 0 Å². The maximum absolute atomic E-state index is 13.0. The molecule has 1 aromatic carbocycles. The van der Waals surface area contributed by atoms with E-state index in [1.165, 1.54) is 6.92 Å². The number of rotatable bonds is 2. The molecule has 130 valence electrons. The number of nitrogens with zero attached hydrogens (tertiary/aromatic N) is 2. The zero-order valence-electron chi connectivity index (χ0n) is 12.7. The number of pyridine rings is 1. The molecule has 0 aliphatic heterocycles. The van der Waals surface area contributed by atoms with Crippen LogP contribution in [0.25, 0.3) is 5.65 Å². The number of amides is 1. The number of fused-ring (bicyclic) bond motifs is 1. The Kier molecular flexibility index (Phi) is 4.38. The van der Waals surface area contributed by atoms with Gasteiger partial charge in [-0.15, -0.1) is 0 Å². The van der Waals surface area contributed by atoms with Gasteiger partial charge < -0.3 is 5.32 Å². The minimum Gasteiger partial charge on any atom is -0.319 e. The van der Waals surface area contributed by atoms with Gasteiger partial charge in [-0.05, 0) is 25.1 Å².